The van der Waals surface area contributed by atoms with Crippen molar-refractivity contribution in [3.63, 3.8) is 0 Å². The van der Waals surface area contributed by atoms with Gasteiger partial charge in [-0.15, -0.1) is 11.3 Å². The summed E-state index contributed by atoms with van der Waals surface area (Å²) < 4.78 is 11.0. The van der Waals surface area contributed by atoms with Gasteiger partial charge in [-0.25, -0.2) is 4.98 Å². The highest BCUT2D eigenvalue weighted by molar-refractivity contribution is 7.13. The summed E-state index contributed by atoms with van der Waals surface area (Å²) in [4.78, 5) is 9.71. The fourth-order valence-corrected chi connectivity index (χ4v) is 2.68. The van der Waals surface area contributed by atoms with Crippen LogP contribution in [0.2, 0.25) is 0 Å². The molecule has 2 aromatic rings. The molecule has 0 saturated heterocycles. The van der Waals surface area contributed by atoms with Gasteiger partial charge in [-0.1, -0.05) is 19.4 Å². The first-order chi connectivity index (χ1) is 11.8. The van der Waals surface area contributed by atoms with E-state index in [0.29, 0.717) is 12.4 Å². The van der Waals surface area contributed by atoms with Crippen molar-refractivity contribution >= 4 is 17.3 Å². The van der Waals surface area contributed by atoms with Gasteiger partial charge in [0.15, 0.2) is 5.96 Å². The molecule has 0 saturated carbocycles. The molecule has 132 valence electrons. The van der Waals surface area contributed by atoms with Gasteiger partial charge in [0.1, 0.15) is 6.26 Å². The van der Waals surface area contributed by atoms with Crippen molar-refractivity contribution in [2.45, 2.75) is 32.7 Å². The number of hydrogen-bond acceptors (Lipinski definition) is 5. The summed E-state index contributed by atoms with van der Waals surface area (Å²) in [6, 6.07) is 3.98. The molecule has 0 spiro atoms. The predicted molar refractivity (Wildman–Crippen MR) is 98.4 cm³/mol. The van der Waals surface area contributed by atoms with Gasteiger partial charge in [-0.3, -0.25) is 4.99 Å². The molecule has 0 radical (unpaired) electrons. The third kappa shape index (κ3) is 6.33. The van der Waals surface area contributed by atoms with Crippen molar-refractivity contribution in [3.05, 3.63) is 29.5 Å². The summed E-state index contributed by atoms with van der Waals surface area (Å²) in [5.74, 6) is 1.42. The molecule has 6 nitrogen and oxygen atoms in total. The minimum absolute atomic E-state index is 0.571. The standard InChI is InChI=1S/C17H26N4O2S/c1-3-4-9-22-10-6-8-19-17(18-2)20-12-14-13-23-16(21-14)15-7-5-11-24-15/h5,7,11,13H,3-4,6,8-10,12H2,1-2H3,(H2,18,19,20). The molecule has 0 aliphatic carbocycles. The maximum absolute atomic E-state index is 5.54. The van der Waals surface area contributed by atoms with E-state index in [1.165, 1.54) is 6.42 Å². The Bertz CT molecular complexity index is 596. The molecule has 0 fully saturated rings. The first-order valence-corrected chi connectivity index (χ1v) is 9.22. The first kappa shape index (κ1) is 18.5. The zero-order valence-electron chi connectivity index (χ0n) is 14.4. The van der Waals surface area contributed by atoms with E-state index in [9.17, 15) is 0 Å². The third-order valence-electron chi connectivity index (χ3n) is 3.34. The summed E-state index contributed by atoms with van der Waals surface area (Å²) in [5, 5.41) is 8.51. The molecule has 0 unspecified atom stereocenters. The molecule has 2 aromatic heterocycles. The molecule has 24 heavy (non-hydrogen) atoms. The van der Waals surface area contributed by atoms with Crippen LogP contribution in [0.25, 0.3) is 10.8 Å². The van der Waals surface area contributed by atoms with Crippen molar-refractivity contribution in [2.75, 3.05) is 26.8 Å². The largest absolute Gasteiger partial charge is 0.443 e. The molecule has 0 amide bonds. The number of guanidine groups is 1. The molecule has 2 heterocycles. The van der Waals surface area contributed by atoms with Crippen molar-refractivity contribution in [3.8, 4) is 10.8 Å². The number of nitrogens with one attached hydrogen (secondary N) is 2. The zero-order valence-corrected chi connectivity index (χ0v) is 15.2. The van der Waals surface area contributed by atoms with Gasteiger partial charge in [0.2, 0.25) is 5.89 Å². The fourth-order valence-electron chi connectivity index (χ4n) is 2.03. The second-order valence-corrected chi connectivity index (χ2v) is 6.24. The highest BCUT2D eigenvalue weighted by Crippen LogP contribution is 2.23. The number of nitrogens with zero attached hydrogens (tertiary/aromatic N) is 2. The molecule has 2 rings (SSSR count). The van der Waals surface area contributed by atoms with Crippen molar-refractivity contribution in [2.24, 2.45) is 4.99 Å². The molecule has 2 N–H and O–H groups in total. The summed E-state index contributed by atoms with van der Waals surface area (Å²) in [7, 11) is 1.76. The summed E-state index contributed by atoms with van der Waals surface area (Å²) >= 11 is 1.61. The Morgan fingerprint density at radius 2 is 2.21 bits per heavy atom. The number of aliphatic imine (C=N–C) groups is 1. The van der Waals surface area contributed by atoms with Crippen LogP contribution in [0.5, 0.6) is 0 Å². The number of hydrogen-bond donors (Lipinski definition) is 2. The van der Waals surface area contributed by atoms with Crippen LogP contribution in [0, 0.1) is 0 Å². The van der Waals surface area contributed by atoms with Crippen LogP contribution in [0.1, 0.15) is 31.9 Å². The number of unbranched alkanes of at least 4 members (excludes halogenated alkanes) is 1. The maximum atomic E-state index is 5.54. The lowest BCUT2D eigenvalue weighted by molar-refractivity contribution is 0.129. The van der Waals surface area contributed by atoms with Crippen LogP contribution >= 0.6 is 11.3 Å². The Morgan fingerprint density at radius 3 is 2.96 bits per heavy atom. The third-order valence-corrected chi connectivity index (χ3v) is 4.20. The summed E-state index contributed by atoms with van der Waals surface area (Å²) in [6.07, 6.45) is 4.93. The average Bonchev–Trinajstić information content (AvgIpc) is 3.28. The average molecular weight is 350 g/mol. The molecular formula is C17H26N4O2S. The van der Waals surface area contributed by atoms with Crippen LogP contribution in [0.3, 0.4) is 0 Å². The van der Waals surface area contributed by atoms with E-state index in [4.69, 9.17) is 9.15 Å². The Hall–Kier alpha value is -1.86. The maximum Gasteiger partial charge on any atom is 0.236 e. The SMILES string of the molecule is CCCCOCCCNC(=NC)NCc1coc(-c2cccs2)n1. The van der Waals surface area contributed by atoms with Crippen LogP contribution in [-0.2, 0) is 11.3 Å². The number of aromatic nitrogens is 1. The smallest absolute Gasteiger partial charge is 0.236 e. The topological polar surface area (TPSA) is 71.7 Å². The van der Waals surface area contributed by atoms with Gasteiger partial charge in [0, 0.05) is 26.8 Å². The Morgan fingerprint density at radius 1 is 1.33 bits per heavy atom. The second kappa shape index (κ2) is 10.8. The van der Waals surface area contributed by atoms with Crippen molar-refractivity contribution in [1.82, 2.24) is 15.6 Å². The Labute approximate surface area is 147 Å². The van der Waals surface area contributed by atoms with Crippen molar-refractivity contribution < 1.29 is 9.15 Å². The summed E-state index contributed by atoms with van der Waals surface area (Å²) in [6.45, 7) is 5.19. The Kier molecular flexibility index (Phi) is 8.34. The minimum atomic E-state index is 0.571. The second-order valence-electron chi connectivity index (χ2n) is 5.29. The normalized spacial score (nSPS) is 11.7. The minimum Gasteiger partial charge on any atom is -0.443 e. The Balaban J connectivity index is 1.65. The zero-order chi connectivity index (χ0) is 17.0. The van der Waals surface area contributed by atoms with Crippen LogP contribution in [0.4, 0.5) is 0 Å². The lowest BCUT2D eigenvalue weighted by Crippen LogP contribution is -2.37. The lowest BCUT2D eigenvalue weighted by atomic mass is 10.4. The highest BCUT2D eigenvalue weighted by atomic mass is 32.1. The van der Waals surface area contributed by atoms with E-state index in [1.807, 2.05) is 17.5 Å². The van der Waals surface area contributed by atoms with Gasteiger partial charge < -0.3 is 19.8 Å². The number of thiophene rings is 1. The molecule has 7 heteroatoms. The van der Waals surface area contributed by atoms with Gasteiger partial charge in [0.05, 0.1) is 17.1 Å². The van der Waals surface area contributed by atoms with E-state index in [1.54, 1.807) is 24.6 Å². The van der Waals surface area contributed by atoms with Crippen molar-refractivity contribution in [1.29, 1.82) is 0 Å². The monoisotopic (exact) mass is 350 g/mol. The highest BCUT2D eigenvalue weighted by Gasteiger charge is 2.07. The van der Waals surface area contributed by atoms with Crippen LogP contribution in [-0.4, -0.2) is 37.7 Å². The van der Waals surface area contributed by atoms with Crippen LogP contribution in [0.15, 0.2) is 33.2 Å². The van der Waals surface area contributed by atoms with Gasteiger partial charge in [-0.2, -0.15) is 0 Å². The molecule has 0 aliphatic rings. The van der Waals surface area contributed by atoms with Gasteiger partial charge in [-0.05, 0) is 24.3 Å². The van der Waals surface area contributed by atoms with Gasteiger partial charge >= 0.3 is 0 Å². The fraction of sp³-hybridized carbons (Fsp3) is 0.529. The molecule has 0 bridgehead atoms. The van der Waals surface area contributed by atoms with E-state index in [0.717, 1.165) is 49.1 Å². The molecule has 0 atom stereocenters. The number of oxazole rings is 1. The molecule has 0 aromatic carbocycles. The molecular weight excluding hydrogens is 324 g/mol. The summed E-state index contributed by atoms with van der Waals surface area (Å²) in [5.41, 5.74) is 0.851. The van der Waals surface area contributed by atoms with E-state index >= 15 is 0 Å². The van der Waals surface area contributed by atoms with Crippen LogP contribution < -0.4 is 10.6 Å². The van der Waals surface area contributed by atoms with E-state index < -0.39 is 0 Å². The molecule has 0 aliphatic heterocycles. The quantitative estimate of drug-likeness (QED) is 0.391. The number of ether oxygens (including phenoxy) is 1. The predicted octanol–water partition coefficient (Wildman–Crippen LogP) is 3.27. The van der Waals surface area contributed by atoms with E-state index in [2.05, 4.69) is 27.5 Å². The van der Waals surface area contributed by atoms with Gasteiger partial charge in [0.25, 0.3) is 0 Å². The number of rotatable bonds is 10. The first-order valence-electron chi connectivity index (χ1n) is 8.34. The lowest BCUT2D eigenvalue weighted by Gasteiger charge is -2.10. The van der Waals surface area contributed by atoms with E-state index in [-0.39, 0.29) is 0 Å².